The Morgan fingerprint density at radius 3 is 2.78 bits per heavy atom. The summed E-state index contributed by atoms with van der Waals surface area (Å²) < 4.78 is 31.6. The van der Waals surface area contributed by atoms with Gasteiger partial charge in [0.15, 0.2) is 0 Å². The maximum atomic E-state index is 12.5. The summed E-state index contributed by atoms with van der Waals surface area (Å²) in [5.74, 6) is 0. The van der Waals surface area contributed by atoms with Crippen LogP contribution >= 0.6 is 0 Å². The van der Waals surface area contributed by atoms with Gasteiger partial charge in [0.05, 0.1) is 11.8 Å². The molecule has 0 bridgehead atoms. The first-order valence-corrected chi connectivity index (χ1v) is 7.37. The molecule has 1 aromatic carbocycles. The predicted octanol–water partition coefficient (Wildman–Crippen LogP) is 1.07. The molecule has 1 aliphatic rings. The molecule has 0 aromatic heterocycles. The molecule has 5 nitrogen and oxygen atoms in total. The summed E-state index contributed by atoms with van der Waals surface area (Å²) >= 11 is 0. The van der Waals surface area contributed by atoms with Crippen molar-refractivity contribution in [2.45, 2.75) is 23.8 Å². The number of methoxy groups -OCH3 is 1. The molecule has 0 radical (unpaired) electrons. The van der Waals surface area contributed by atoms with Crippen LogP contribution < -0.4 is 5.73 Å². The van der Waals surface area contributed by atoms with Crippen LogP contribution in [0.3, 0.4) is 0 Å². The van der Waals surface area contributed by atoms with Gasteiger partial charge >= 0.3 is 0 Å². The van der Waals surface area contributed by atoms with Crippen molar-refractivity contribution < 1.29 is 13.2 Å². The summed E-state index contributed by atoms with van der Waals surface area (Å²) in [5, 5.41) is 0. The van der Waals surface area contributed by atoms with Crippen LogP contribution in [0.4, 0.5) is 5.69 Å². The number of sulfonamides is 1. The molecule has 1 fully saturated rings. The summed E-state index contributed by atoms with van der Waals surface area (Å²) in [6.07, 6.45) is 1.68. The minimum absolute atomic E-state index is 0.0292. The van der Waals surface area contributed by atoms with Crippen molar-refractivity contribution in [2.75, 3.05) is 25.9 Å². The van der Waals surface area contributed by atoms with E-state index in [4.69, 9.17) is 10.5 Å². The first-order valence-electron chi connectivity index (χ1n) is 5.93. The molecule has 100 valence electrons. The molecule has 18 heavy (non-hydrogen) atoms. The first kappa shape index (κ1) is 13.3. The van der Waals surface area contributed by atoms with E-state index in [1.54, 1.807) is 31.4 Å². The number of nitrogens with zero attached hydrogens (tertiary/aromatic N) is 1. The summed E-state index contributed by atoms with van der Waals surface area (Å²) in [4.78, 5) is 0.182. The Morgan fingerprint density at radius 1 is 1.39 bits per heavy atom. The zero-order valence-electron chi connectivity index (χ0n) is 10.4. The van der Waals surface area contributed by atoms with E-state index in [0.29, 0.717) is 13.1 Å². The molecule has 6 heteroatoms. The Balaban J connectivity index is 2.29. The maximum absolute atomic E-state index is 12.5. The van der Waals surface area contributed by atoms with Gasteiger partial charge in [-0.1, -0.05) is 12.1 Å². The average Bonchev–Trinajstić information content (AvgIpc) is 2.39. The number of nitrogen functional groups attached to an aromatic ring is 1. The molecule has 0 saturated carbocycles. The molecule has 1 heterocycles. The van der Waals surface area contributed by atoms with E-state index in [-0.39, 0.29) is 16.7 Å². The van der Waals surface area contributed by atoms with Gasteiger partial charge in [-0.25, -0.2) is 8.42 Å². The molecule has 1 aliphatic heterocycles. The lowest BCUT2D eigenvalue weighted by atomic mass is 10.1. The maximum Gasteiger partial charge on any atom is 0.245 e. The van der Waals surface area contributed by atoms with E-state index in [2.05, 4.69) is 0 Å². The van der Waals surface area contributed by atoms with E-state index >= 15 is 0 Å². The zero-order chi connectivity index (χ0) is 13.2. The number of ether oxygens (including phenoxy) is 1. The molecule has 0 amide bonds. The smallest absolute Gasteiger partial charge is 0.245 e. The van der Waals surface area contributed by atoms with E-state index in [1.807, 2.05) is 0 Å². The number of nitrogens with two attached hydrogens (primary N) is 1. The van der Waals surface area contributed by atoms with Crippen LogP contribution in [0, 0.1) is 0 Å². The second-order valence-electron chi connectivity index (χ2n) is 4.40. The number of benzene rings is 1. The fourth-order valence-corrected chi connectivity index (χ4v) is 3.80. The number of anilines is 1. The van der Waals surface area contributed by atoms with E-state index in [9.17, 15) is 8.42 Å². The van der Waals surface area contributed by atoms with Gasteiger partial charge in [-0.05, 0) is 25.0 Å². The standard InChI is InChI=1S/C12H18N2O3S/c1-17-10-5-4-8-14(9-10)18(15,16)12-7-3-2-6-11(12)13/h2-3,6-7,10H,4-5,8-9,13H2,1H3. The average molecular weight is 270 g/mol. The van der Waals surface area contributed by atoms with Gasteiger partial charge in [-0.15, -0.1) is 0 Å². The van der Waals surface area contributed by atoms with Crippen LogP contribution in [0.5, 0.6) is 0 Å². The topological polar surface area (TPSA) is 72.6 Å². The highest BCUT2D eigenvalue weighted by molar-refractivity contribution is 7.89. The van der Waals surface area contributed by atoms with Crippen LogP contribution in [-0.4, -0.2) is 39.0 Å². The Bertz CT molecular complexity index is 516. The lowest BCUT2D eigenvalue weighted by Gasteiger charge is -2.31. The normalized spacial score (nSPS) is 21.9. The Kier molecular flexibility index (Phi) is 3.89. The van der Waals surface area contributed by atoms with Crippen molar-refractivity contribution in [1.82, 2.24) is 4.31 Å². The molecule has 1 atom stereocenters. The van der Waals surface area contributed by atoms with Gasteiger partial charge in [-0.3, -0.25) is 0 Å². The van der Waals surface area contributed by atoms with E-state index in [0.717, 1.165) is 12.8 Å². The van der Waals surface area contributed by atoms with Crippen LogP contribution in [0.15, 0.2) is 29.2 Å². The fourth-order valence-electron chi connectivity index (χ4n) is 2.17. The molecule has 1 aromatic rings. The molecule has 0 aliphatic carbocycles. The minimum atomic E-state index is -3.51. The quantitative estimate of drug-likeness (QED) is 0.834. The molecule has 2 rings (SSSR count). The molecular formula is C12H18N2O3S. The van der Waals surface area contributed by atoms with Crippen molar-refractivity contribution in [1.29, 1.82) is 0 Å². The van der Waals surface area contributed by atoms with Crippen LogP contribution in [0.25, 0.3) is 0 Å². The van der Waals surface area contributed by atoms with Gasteiger partial charge in [0.25, 0.3) is 0 Å². The summed E-state index contributed by atoms with van der Waals surface area (Å²) in [6, 6.07) is 6.55. The third-order valence-electron chi connectivity index (χ3n) is 3.21. The van der Waals surface area contributed by atoms with Crippen molar-refractivity contribution in [3.05, 3.63) is 24.3 Å². The number of rotatable bonds is 3. The first-order chi connectivity index (χ1) is 8.55. The van der Waals surface area contributed by atoms with E-state index < -0.39 is 10.0 Å². The van der Waals surface area contributed by atoms with Crippen molar-refractivity contribution in [2.24, 2.45) is 0 Å². The number of hydrogen-bond donors (Lipinski definition) is 1. The summed E-state index contributed by atoms with van der Waals surface area (Å²) in [7, 11) is -1.90. The van der Waals surface area contributed by atoms with Crippen molar-refractivity contribution in [3.8, 4) is 0 Å². The van der Waals surface area contributed by atoms with Gasteiger partial charge in [0, 0.05) is 20.2 Å². The summed E-state index contributed by atoms with van der Waals surface area (Å²) in [6.45, 7) is 0.920. The second kappa shape index (κ2) is 5.26. The highest BCUT2D eigenvalue weighted by atomic mass is 32.2. The fraction of sp³-hybridized carbons (Fsp3) is 0.500. The molecule has 2 N–H and O–H groups in total. The predicted molar refractivity (Wildman–Crippen MR) is 69.6 cm³/mol. The molecular weight excluding hydrogens is 252 g/mol. The van der Waals surface area contributed by atoms with Crippen LogP contribution in [-0.2, 0) is 14.8 Å². The zero-order valence-corrected chi connectivity index (χ0v) is 11.2. The SMILES string of the molecule is COC1CCCN(S(=O)(=O)c2ccccc2N)C1. The van der Waals surface area contributed by atoms with Crippen molar-refractivity contribution in [3.63, 3.8) is 0 Å². The van der Waals surface area contributed by atoms with Crippen LogP contribution in [0.1, 0.15) is 12.8 Å². The van der Waals surface area contributed by atoms with Crippen molar-refractivity contribution >= 4 is 15.7 Å². The summed E-state index contributed by atoms with van der Waals surface area (Å²) in [5.41, 5.74) is 6.03. The molecule has 0 spiro atoms. The van der Waals surface area contributed by atoms with Gasteiger partial charge in [0.2, 0.25) is 10.0 Å². The lowest BCUT2D eigenvalue weighted by molar-refractivity contribution is 0.0572. The second-order valence-corrected chi connectivity index (χ2v) is 6.31. The number of hydrogen-bond acceptors (Lipinski definition) is 4. The van der Waals surface area contributed by atoms with Gasteiger partial charge < -0.3 is 10.5 Å². The largest absolute Gasteiger partial charge is 0.398 e. The molecule has 1 unspecified atom stereocenters. The Labute approximate surface area is 108 Å². The van der Waals surface area contributed by atoms with Crippen LogP contribution in [0.2, 0.25) is 0 Å². The van der Waals surface area contributed by atoms with Gasteiger partial charge in [0.1, 0.15) is 4.90 Å². The lowest BCUT2D eigenvalue weighted by Crippen LogP contribution is -2.42. The Hall–Kier alpha value is -1.11. The van der Waals surface area contributed by atoms with Gasteiger partial charge in [-0.2, -0.15) is 4.31 Å². The Morgan fingerprint density at radius 2 is 2.11 bits per heavy atom. The number of para-hydroxylation sites is 1. The highest BCUT2D eigenvalue weighted by Gasteiger charge is 2.31. The highest BCUT2D eigenvalue weighted by Crippen LogP contribution is 2.25. The monoisotopic (exact) mass is 270 g/mol. The third kappa shape index (κ3) is 2.50. The number of piperidine rings is 1. The third-order valence-corrected chi connectivity index (χ3v) is 5.15. The minimum Gasteiger partial charge on any atom is -0.398 e. The molecule has 1 saturated heterocycles. The van der Waals surface area contributed by atoms with E-state index in [1.165, 1.54) is 4.31 Å².